The maximum atomic E-state index is 5.63. The number of rotatable bonds is 6. The Morgan fingerprint density at radius 2 is 1.96 bits per heavy atom. The molecule has 0 radical (unpaired) electrons. The third-order valence-electron chi connectivity index (χ3n) is 6.11. The molecular weight excluding hydrogens is 350 g/mol. The molecule has 0 unspecified atom stereocenters. The summed E-state index contributed by atoms with van der Waals surface area (Å²) >= 11 is 0. The lowest BCUT2D eigenvalue weighted by Gasteiger charge is -2.40. The van der Waals surface area contributed by atoms with E-state index >= 15 is 0 Å². The summed E-state index contributed by atoms with van der Waals surface area (Å²) in [6.45, 7) is 2.99. The SMILES string of the molecule is c1ccc(CN2CCC(CC3CC3)(c3noc(-c4cccnc4)n3)CC2)nc1. The lowest BCUT2D eigenvalue weighted by atomic mass is 9.73. The molecule has 3 aromatic rings. The van der Waals surface area contributed by atoms with Crippen LogP contribution < -0.4 is 0 Å². The third kappa shape index (κ3) is 3.69. The Morgan fingerprint density at radius 3 is 2.68 bits per heavy atom. The summed E-state index contributed by atoms with van der Waals surface area (Å²) in [6.07, 6.45) is 11.4. The van der Waals surface area contributed by atoms with Crippen LogP contribution >= 0.6 is 0 Å². The Hall–Kier alpha value is -2.60. The molecule has 0 N–H and O–H groups in total. The van der Waals surface area contributed by atoms with Crippen molar-refractivity contribution in [1.29, 1.82) is 0 Å². The van der Waals surface area contributed by atoms with Gasteiger partial charge in [0.2, 0.25) is 0 Å². The normalized spacial score (nSPS) is 19.6. The number of nitrogens with zero attached hydrogens (tertiary/aromatic N) is 5. The smallest absolute Gasteiger partial charge is 0.259 e. The largest absolute Gasteiger partial charge is 0.334 e. The van der Waals surface area contributed by atoms with Crippen LogP contribution in [0.15, 0.2) is 53.4 Å². The Bertz CT molecular complexity index is 899. The summed E-state index contributed by atoms with van der Waals surface area (Å²) in [4.78, 5) is 16.0. The third-order valence-corrected chi connectivity index (χ3v) is 6.11. The van der Waals surface area contributed by atoms with E-state index in [1.54, 1.807) is 12.4 Å². The molecule has 0 amide bonds. The van der Waals surface area contributed by atoms with Crippen molar-refractivity contribution in [3.8, 4) is 11.5 Å². The standard InChI is InChI=1S/C22H25N5O/c1-2-11-24-19(5-1)16-27-12-8-22(9-13-27,14-17-6-7-17)21-25-20(28-26-21)18-4-3-10-23-15-18/h1-5,10-11,15,17H,6-9,12-14,16H2. The van der Waals surface area contributed by atoms with Crippen LogP contribution in [0.5, 0.6) is 0 Å². The van der Waals surface area contributed by atoms with Gasteiger partial charge in [-0.05, 0) is 62.5 Å². The lowest BCUT2D eigenvalue weighted by Crippen LogP contribution is -2.43. The predicted molar refractivity (Wildman–Crippen MR) is 105 cm³/mol. The van der Waals surface area contributed by atoms with Crippen LogP contribution in [-0.2, 0) is 12.0 Å². The molecule has 28 heavy (non-hydrogen) atoms. The number of piperidine rings is 1. The van der Waals surface area contributed by atoms with E-state index in [1.165, 1.54) is 19.3 Å². The second kappa shape index (κ2) is 7.43. The molecule has 1 saturated heterocycles. The summed E-state index contributed by atoms with van der Waals surface area (Å²) in [5, 5.41) is 4.43. The molecule has 0 spiro atoms. The zero-order valence-corrected chi connectivity index (χ0v) is 16.0. The fraction of sp³-hybridized carbons (Fsp3) is 0.455. The van der Waals surface area contributed by atoms with Crippen molar-refractivity contribution in [3.63, 3.8) is 0 Å². The predicted octanol–water partition coefficient (Wildman–Crippen LogP) is 3.86. The molecule has 0 aromatic carbocycles. The van der Waals surface area contributed by atoms with Crippen LogP contribution in [-0.4, -0.2) is 38.1 Å². The molecule has 6 heteroatoms. The monoisotopic (exact) mass is 375 g/mol. The summed E-state index contributed by atoms with van der Waals surface area (Å²) in [5.41, 5.74) is 2.05. The van der Waals surface area contributed by atoms with E-state index in [2.05, 4.69) is 32.2 Å². The average molecular weight is 375 g/mol. The van der Waals surface area contributed by atoms with Crippen LogP contribution in [0.2, 0.25) is 0 Å². The molecule has 144 valence electrons. The highest BCUT2D eigenvalue weighted by Gasteiger charge is 2.44. The molecule has 1 saturated carbocycles. The molecule has 1 aliphatic carbocycles. The minimum atomic E-state index is 0.0335. The van der Waals surface area contributed by atoms with Gasteiger partial charge in [-0.1, -0.05) is 24.1 Å². The van der Waals surface area contributed by atoms with Crippen LogP contribution in [0.1, 0.15) is 43.6 Å². The van der Waals surface area contributed by atoms with Crippen LogP contribution in [0.4, 0.5) is 0 Å². The molecule has 6 nitrogen and oxygen atoms in total. The first-order chi connectivity index (χ1) is 13.8. The first-order valence-corrected chi connectivity index (χ1v) is 10.2. The molecule has 5 rings (SSSR count). The minimum absolute atomic E-state index is 0.0335. The second-order valence-electron chi connectivity index (χ2n) is 8.19. The van der Waals surface area contributed by atoms with Gasteiger partial charge in [0.15, 0.2) is 5.82 Å². The van der Waals surface area contributed by atoms with E-state index < -0.39 is 0 Å². The van der Waals surface area contributed by atoms with E-state index in [1.807, 2.05) is 24.4 Å². The Balaban J connectivity index is 1.34. The number of hydrogen-bond donors (Lipinski definition) is 0. The lowest BCUT2D eigenvalue weighted by molar-refractivity contribution is 0.132. The van der Waals surface area contributed by atoms with Gasteiger partial charge in [-0.25, -0.2) is 0 Å². The molecule has 2 fully saturated rings. The van der Waals surface area contributed by atoms with Crippen molar-refractivity contribution in [2.24, 2.45) is 5.92 Å². The van der Waals surface area contributed by atoms with Crippen LogP contribution in [0, 0.1) is 5.92 Å². The van der Waals surface area contributed by atoms with E-state index in [9.17, 15) is 0 Å². The molecule has 0 bridgehead atoms. The second-order valence-corrected chi connectivity index (χ2v) is 8.19. The first-order valence-electron chi connectivity index (χ1n) is 10.2. The van der Waals surface area contributed by atoms with Gasteiger partial charge in [0.1, 0.15) is 0 Å². The fourth-order valence-corrected chi connectivity index (χ4v) is 4.30. The van der Waals surface area contributed by atoms with E-state index in [4.69, 9.17) is 9.51 Å². The van der Waals surface area contributed by atoms with Crippen molar-refractivity contribution >= 4 is 0 Å². The van der Waals surface area contributed by atoms with Gasteiger partial charge in [-0.2, -0.15) is 4.98 Å². The topological polar surface area (TPSA) is 67.9 Å². The zero-order chi connectivity index (χ0) is 18.8. The number of hydrogen-bond acceptors (Lipinski definition) is 6. The maximum absolute atomic E-state index is 5.63. The van der Waals surface area contributed by atoms with Gasteiger partial charge >= 0.3 is 0 Å². The number of likely N-dealkylation sites (tertiary alicyclic amines) is 1. The van der Waals surface area contributed by atoms with Gasteiger partial charge in [0.05, 0.1) is 11.3 Å². The van der Waals surface area contributed by atoms with Crippen molar-refractivity contribution in [2.45, 2.75) is 44.1 Å². The molecule has 1 aliphatic heterocycles. The molecule has 0 atom stereocenters. The van der Waals surface area contributed by atoms with Gasteiger partial charge in [0, 0.05) is 30.6 Å². The Kier molecular flexibility index (Phi) is 4.64. The van der Waals surface area contributed by atoms with Gasteiger partial charge in [0.25, 0.3) is 5.89 Å². The van der Waals surface area contributed by atoms with Crippen molar-refractivity contribution < 1.29 is 4.52 Å². The Morgan fingerprint density at radius 1 is 1.07 bits per heavy atom. The summed E-state index contributed by atoms with van der Waals surface area (Å²) in [7, 11) is 0. The minimum Gasteiger partial charge on any atom is -0.334 e. The summed E-state index contributed by atoms with van der Waals surface area (Å²) in [6, 6.07) is 9.99. The summed E-state index contributed by atoms with van der Waals surface area (Å²) in [5.74, 6) is 2.28. The van der Waals surface area contributed by atoms with E-state index in [0.717, 1.165) is 55.5 Å². The average Bonchev–Trinajstić information content (AvgIpc) is 3.41. The van der Waals surface area contributed by atoms with E-state index in [-0.39, 0.29) is 5.41 Å². The molecular formula is C22H25N5O. The molecule has 4 heterocycles. The quantitative estimate of drug-likeness (QED) is 0.652. The molecule has 3 aromatic heterocycles. The first kappa shape index (κ1) is 17.5. The number of aromatic nitrogens is 4. The zero-order valence-electron chi connectivity index (χ0n) is 16.0. The van der Waals surface area contributed by atoms with Crippen LogP contribution in [0.3, 0.4) is 0 Å². The van der Waals surface area contributed by atoms with Crippen molar-refractivity contribution in [3.05, 3.63) is 60.4 Å². The highest BCUT2D eigenvalue weighted by molar-refractivity contribution is 5.50. The van der Waals surface area contributed by atoms with Crippen LogP contribution in [0.25, 0.3) is 11.5 Å². The van der Waals surface area contributed by atoms with E-state index in [0.29, 0.717) is 5.89 Å². The van der Waals surface area contributed by atoms with Gasteiger partial charge in [-0.3, -0.25) is 14.9 Å². The maximum Gasteiger partial charge on any atom is 0.259 e. The van der Waals surface area contributed by atoms with Crippen molar-refractivity contribution in [2.75, 3.05) is 13.1 Å². The fourth-order valence-electron chi connectivity index (χ4n) is 4.30. The highest BCUT2D eigenvalue weighted by atomic mass is 16.5. The Labute approximate surface area is 165 Å². The van der Waals surface area contributed by atoms with Gasteiger partial charge < -0.3 is 4.52 Å². The van der Waals surface area contributed by atoms with Gasteiger partial charge in [-0.15, -0.1) is 0 Å². The summed E-state index contributed by atoms with van der Waals surface area (Å²) < 4.78 is 5.63. The highest BCUT2D eigenvalue weighted by Crippen LogP contribution is 2.46. The van der Waals surface area contributed by atoms with Crippen molar-refractivity contribution in [1.82, 2.24) is 25.0 Å². The number of pyridine rings is 2. The molecule has 2 aliphatic rings.